The van der Waals surface area contributed by atoms with Gasteiger partial charge in [0.15, 0.2) is 0 Å². The van der Waals surface area contributed by atoms with E-state index in [4.69, 9.17) is 5.11 Å². The highest BCUT2D eigenvalue weighted by molar-refractivity contribution is 7.78. The van der Waals surface area contributed by atoms with Crippen molar-refractivity contribution in [3.05, 3.63) is 0 Å². The van der Waals surface area contributed by atoms with Gasteiger partial charge in [-0.25, -0.2) is 4.72 Å². The molecule has 0 bridgehead atoms. The molecule has 0 fully saturated rings. The highest BCUT2D eigenvalue weighted by Crippen LogP contribution is 1.46. The maximum atomic E-state index is 7.69. The summed E-state index contributed by atoms with van der Waals surface area (Å²) >= 11 is 3.42. The van der Waals surface area contributed by atoms with Crippen molar-refractivity contribution in [2.24, 2.45) is 0 Å². The largest absolute Gasteiger partial charge is 0.381 e. The van der Waals surface area contributed by atoms with Crippen LogP contribution in [0.5, 0.6) is 0 Å². The third-order valence-electron chi connectivity index (χ3n) is 0.0707. The Hall–Kier alpha value is 0.270. The van der Waals surface area contributed by atoms with E-state index in [-0.39, 0.29) is 6.73 Å². The zero-order valence-electron chi connectivity index (χ0n) is 2.10. The summed E-state index contributed by atoms with van der Waals surface area (Å²) in [7, 11) is 0. The fourth-order valence-corrected chi connectivity index (χ4v) is 0. The van der Waals surface area contributed by atoms with Crippen molar-refractivity contribution < 1.29 is 5.11 Å². The van der Waals surface area contributed by atoms with Crippen LogP contribution in [0.2, 0.25) is 0 Å². The molecule has 0 radical (unpaired) electrons. The molecule has 0 heterocycles. The SMILES string of the molecule is OCNS. The lowest BCUT2D eigenvalue weighted by Gasteiger charge is -1.75. The minimum Gasteiger partial charge on any atom is -0.381 e. The molecule has 26 valence electrons. The van der Waals surface area contributed by atoms with E-state index in [0.717, 1.165) is 0 Å². The Balaban J connectivity index is 1.97. The average molecular weight is 79.1 g/mol. The Kier molecular flexibility index (Phi) is 3.49. The highest BCUT2D eigenvalue weighted by Gasteiger charge is 1.51. The van der Waals surface area contributed by atoms with Gasteiger partial charge < -0.3 is 5.11 Å². The molecule has 0 aliphatic carbocycles. The van der Waals surface area contributed by atoms with Crippen molar-refractivity contribution in [3.63, 3.8) is 0 Å². The average Bonchev–Trinajstić information content (AvgIpc) is 1.37. The number of aliphatic hydroxyl groups is 1. The Labute approximate surface area is 30.4 Å². The second-order valence-corrected chi connectivity index (χ2v) is 0.632. The van der Waals surface area contributed by atoms with Gasteiger partial charge >= 0.3 is 0 Å². The molecule has 0 aliphatic heterocycles. The summed E-state index contributed by atoms with van der Waals surface area (Å²) < 4.78 is 2.18. The van der Waals surface area contributed by atoms with Crippen LogP contribution >= 0.6 is 12.8 Å². The summed E-state index contributed by atoms with van der Waals surface area (Å²) in [5.41, 5.74) is 0. The summed E-state index contributed by atoms with van der Waals surface area (Å²) in [6, 6.07) is 0. The van der Waals surface area contributed by atoms with E-state index in [1.54, 1.807) is 0 Å². The maximum Gasteiger partial charge on any atom is 0.102 e. The van der Waals surface area contributed by atoms with Gasteiger partial charge in [-0.1, -0.05) is 12.8 Å². The second kappa shape index (κ2) is 3.27. The normalized spacial score (nSPS) is 7.50. The molecule has 0 aromatic carbocycles. The number of thiol groups is 1. The lowest BCUT2D eigenvalue weighted by molar-refractivity contribution is 0.294. The zero-order valence-corrected chi connectivity index (χ0v) is 3.00. The number of nitrogens with one attached hydrogen (secondary N) is 1. The number of hydrogen-bond donors (Lipinski definition) is 3. The second-order valence-electron chi connectivity index (χ2n) is 0.316. The molecule has 2 nitrogen and oxygen atoms in total. The van der Waals surface area contributed by atoms with Gasteiger partial charge in [0, 0.05) is 0 Å². The Bertz CT molecular complexity index is 10.0. The number of hydrogen-bond acceptors (Lipinski definition) is 3. The van der Waals surface area contributed by atoms with Crippen LogP contribution in [0.4, 0.5) is 0 Å². The molecule has 3 heteroatoms. The predicted octanol–water partition coefficient (Wildman–Crippen LogP) is -0.629. The minimum atomic E-state index is -0.0664. The van der Waals surface area contributed by atoms with Crippen molar-refractivity contribution in [2.75, 3.05) is 6.73 Å². The van der Waals surface area contributed by atoms with Crippen molar-refractivity contribution in [1.82, 2.24) is 4.72 Å². The lowest BCUT2D eigenvalue weighted by Crippen LogP contribution is -1.96. The highest BCUT2D eigenvalue weighted by atomic mass is 32.1. The smallest absolute Gasteiger partial charge is 0.102 e. The molecule has 0 spiro atoms. The van der Waals surface area contributed by atoms with Crippen LogP contribution < -0.4 is 4.72 Å². The first kappa shape index (κ1) is 4.27. The van der Waals surface area contributed by atoms with Gasteiger partial charge in [-0.2, -0.15) is 0 Å². The van der Waals surface area contributed by atoms with Gasteiger partial charge in [-0.15, -0.1) is 0 Å². The molecule has 0 saturated heterocycles. The van der Waals surface area contributed by atoms with Crippen LogP contribution in [-0.4, -0.2) is 11.8 Å². The van der Waals surface area contributed by atoms with Crippen molar-refractivity contribution in [2.45, 2.75) is 0 Å². The standard InChI is InChI=1S/CH5NOS/c3-1-2-4/h2-4H,1H2. The summed E-state index contributed by atoms with van der Waals surface area (Å²) in [5.74, 6) is 0. The van der Waals surface area contributed by atoms with Crippen LogP contribution in [0, 0.1) is 0 Å². The van der Waals surface area contributed by atoms with E-state index in [2.05, 4.69) is 17.5 Å². The fourth-order valence-electron chi connectivity index (χ4n) is 0. The molecule has 0 unspecified atom stereocenters. The molecular weight excluding hydrogens is 74.1 g/mol. The van der Waals surface area contributed by atoms with E-state index < -0.39 is 0 Å². The first-order valence-electron chi connectivity index (χ1n) is 0.893. The van der Waals surface area contributed by atoms with E-state index in [9.17, 15) is 0 Å². The molecular formula is CH5NOS. The van der Waals surface area contributed by atoms with E-state index in [1.165, 1.54) is 0 Å². The van der Waals surface area contributed by atoms with Gasteiger partial charge in [0.05, 0.1) is 0 Å². The van der Waals surface area contributed by atoms with Gasteiger partial charge in [-0.3, -0.25) is 0 Å². The van der Waals surface area contributed by atoms with Gasteiger partial charge in [0.25, 0.3) is 0 Å². The molecule has 0 aromatic rings. The third-order valence-corrected chi connectivity index (χ3v) is 0.212. The van der Waals surface area contributed by atoms with Crippen molar-refractivity contribution >= 4 is 12.8 Å². The van der Waals surface area contributed by atoms with E-state index in [0.29, 0.717) is 0 Å². The van der Waals surface area contributed by atoms with Gasteiger partial charge in [0.2, 0.25) is 0 Å². The lowest BCUT2D eigenvalue weighted by atomic mass is 11.4. The van der Waals surface area contributed by atoms with Crippen LogP contribution in [0.3, 0.4) is 0 Å². The summed E-state index contributed by atoms with van der Waals surface area (Å²) in [6.07, 6.45) is 0. The van der Waals surface area contributed by atoms with Crippen LogP contribution in [-0.2, 0) is 0 Å². The van der Waals surface area contributed by atoms with Gasteiger partial charge in [0.1, 0.15) is 6.73 Å². The maximum absolute atomic E-state index is 7.69. The predicted molar refractivity (Wildman–Crippen MR) is 19.2 cm³/mol. The molecule has 0 saturated carbocycles. The fraction of sp³-hybridized carbons (Fsp3) is 1.00. The minimum absolute atomic E-state index is 0.0664. The van der Waals surface area contributed by atoms with Crippen LogP contribution in [0.1, 0.15) is 0 Å². The molecule has 0 aromatic heterocycles. The quantitative estimate of drug-likeness (QED) is 0.289. The Morgan fingerprint density at radius 1 is 2.00 bits per heavy atom. The van der Waals surface area contributed by atoms with E-state index >= 15 is 0 Å². The van der Waals surface area contributed by atoms with Crippen LogP contribution in [0.15, 0.2) is 0 Å². The van der Waals surface area contributed by atoms with Gasteiger partial charge in [-0.05, 0) is 0 Å². The summed E-state index contributed by atoms with van der Waals surface area (Å²) in [5, 5.41) is 7.69. The van der Waals surface area contributed by atoms with Crippen LogP contribution in [0.25, 0.3) is 0 Å². The molecule has 4 heavy (non-hydrogen) atoms. The number of aliphatic hydroxyl groups excluding tert-OH is 1. The first-order chi connectivity index (χ1) is 1.91. The third kappa shape index (κ3) is 2.27. The van der Waals surface area contributed by atoms with Crippen molar-refractivity contribution in [1.29, 1.82) is 0 Å². The molecule has 0 amide bonds. The Morgan fingerprint density at radius 2 is 2.25 bits per heavy atom. The van der Waals surface area contributed by atoms with Crippen molar-refractivity contribution in [3.8, 4) is 0 Å². The molecule has 0 aliphatic rings. The first-order valence-corrected chi connectivity index (χ1v) is 1.34. The topological polar surface area (TPSA) is 32.3 Å². The molecule has 0 rings (SSSR count). The molecule has 0 atom stereocenters. The molecule has 2 N–H and O–H groups in total. The summed E-state index contributed by atoms with van der Waals surface area (Å²) in [6.45, 7) is -0.0664. The summed E-state index contributed by atoms with van der Waals surface area (Å²) in [4.78, 5) is 0. The van der Waals surface area contributed by atoms with E-state index in [1.807, 2.05) is 0 Å². The monoisotopic (exact) mass is 79.0 g/mol. The zero-order chi connectivity index (χ0) is 3.41. The number of rotatable bonds is 1. The Morgan fingerprint density at radius 3 is 2.25 bits per heavy atom.